The molecule has 0 amide bonds. The number of benzene rings is 1. The van der Waals surface area contributed by atoms with Crippen LogP contribution in [-0.2, 0) is 9.53 Å². The van der Waals surface area contributed by atoms with E-state index in [1.807, 2.05) is 18.2 Å². The predicted octanol–water partition coefficient (Wildman–Crippen LogP) is 3.10. The van der Waals surface area contributed by atoms with Gasteiger partial charge in [0.05, 0.1) is 12.4 Å². The summed E-state index contributed by atoms with van der Waals surface area (Å²) in [6, 6.07) is 10.9. The molecule has 1 aromatic carbocycles. The van der Waals surface area contributed by atoms with Crippen molar-refractivity contribution in [2.24, 2.45) is 0 Å². The van der Waals surface area contributed by atoms with Gasteiger partial charge in [-0.15, -0.1) is 10.2 Å². The molecular weight excluding hydrogens is 336 g/mol. The SMILES string of the molecule is CCOC(=O)CSc1ccc2nnc(-c3ccc(Cl)cc3)n2n1. The Bertz CT molecular complexity index is 835. The van der Waals surface area contributed by atoms with Gasteiger partial charge in [-0.1, -0.05) is 23.4 Å². The van der Waals surface area contributed by atoms with Gasteiger partial charge in [0, 0.05) is 10.6 Å². The van der Waals surface area contributed by atoms with E-state index < -0.39 is 0 Å². The van der Waals surface area contributed by atoms with E-state index in [1.165, 1.54) is 11.8 Å². The fourth-order valence-corrected chi connectivity index (χ4v) is 2.74. The number of halogens is 1. The molecule has 0 N–H and O–H groups in total. The third-order valence-corrected chi connectivity index (χ3v) is 4.13. The number of rotatable bonds is 5. The lowest BCUT2D eigenvalue weighted by atomic mass is 10.2. The van der Waals surface area contributed by atoms with Crippen LogP contribution in [0.5, 0.6) is 0 Å². The minimum Gasteiger partial charge on any atom is -0.465 e. The van der Waals surface area contributed by atoms with Crippen LogP contribution in [0.25, 0.3) is 17.0 Å². The van der Waals surface area contributed by atoms with Gasteiger partial charge in [-0.25, -0.2) is 0 Å². The highest BCUT2D eigenvalue weighted by Crippen LogP contribution is 2.22. The van der Waals surface area contributed by atoms with E-state index in [4.69, 9.17) is 16.3 Å². The van der Waals surface area contributed by atoms with Gasteiger partial charge < -0.3 is 4.74 Å². The Morgan fingerprint density at radius 2 is 2.00 bits per heavy atom. The first kappa shape index (κ1) is 15.8. The van der Waals surface area contributed by atoms with E-state index in [1.54, 1.807) is 29.6 Å². The number of esters is 1. The number of nitrogens with zero attached hydrogens (tertiary/aromatic N) is 4. The summed E-state index contributed by atoms with van der Waals surface area (Å²) >= 11 is 7.22. The first-order valence-corrected chi connectivity index (χ1v) is 8.30. The maximum absolute atomic E-state index is 11.4. The fraction of sp³-hybridized carbons (Fsp3) is 0.200. The summed E-state index contributed by atoms with van der Waals surface area (Å²) < 4.78 is 6.56. The molecule has 0 saturated carbocycles. The minimum atomic E-state index is -0.263. The van der Waals surface area contributed by atoms with Gasteiger partial charge in [0.2, 0.25) is 0 Å². The average Bonchev–Trinajstić information content (AvgIpc) is 2.97. The van der Waals surface area contributed by atoms with Gasteiger partial charge in [0.25, 0.3) is 0 Å². The second-order valence-electron chi connectivity index (χ2n) is 4.57. The zero-order valence-corrected chi connectivity index (χ0v) is 13.8. The maximum atomic E-state index is 11.4. The molecular formula is C15H13ClN4O2S. The van der Waals surface area contributed by atoms with Crippen LogP contribution in [0.15, 0.2) is 41.4 Å². The molecule has 0 aliphatic heterocycles. The van der Waals surface area contributed by atoms with Crippen LogP contribution in [-0.4, -0.2) is 38.1 Å². The Balaban J connectivity index is 1.88. The molecule has 118 valence electrons. The fourth-order valence-electron chi connectivity index (χ4n) is 1.96. The van der Waals surface area contributed by atoms with Crippen molar-refractivity contribution in [1.82, 2.24) is 19.8 Å². The third-order valence-electron chi connectivity index (χ3n) is 2.98. The van der Waals surface area contributed by atoms with Crippen molar-refractivity contribution in [3.63, 3.8) is 0 Å². The van der Waals surface area contributed by atoms with Gasteiger partial charge in [0.1, 0.15) is 5.03 Å². The Morgan fingerprint density at radius 3 is 2.74 bits per heavy atom. The number of carbonyl (C=O) groups excluding carboxylic acids is 1. The van der Waals surface area contributed by atoms with E-state index in [0.29, 0.717) is 28.1 Å². The van der Waals surface area contributed by atoms with Crippen LogP contribution in [0.1, 0.15) is 6.92 Å². The summed E-state index contributed by atoms with van der Waals surface area (Å²) in [5.41, 5.74) is 1.50. The molecule has 0 fully saturated rings. The maximum Gasteiger partial charge on any atom is 0.316 e. The van der Waals surface area contributed by atoms with Crippen LogP contribution in [0.4, 0.5) is 0 Å². The Hall–Kier alpha value is -2.12. The van der Waals surface area contributed by atoms with Gasteiger partial charge >= 0.3 is 5.97 Å². The van der Waals surface area contributed by atoms with Crippen LogP contribution < -0.4 is 0 Å². The molecule has 23 heavy (non-hydrogen) atoms. The smallest absolute Gasteiger partial charge is 0.316 e. The van der Waals surface area contributed by atoms with Crippen molar-refractivity contribution in [3.8, 4) is 11.4 Å². The van der Waals surface area contributed by atoms with E-state index in [-0.39, 0.29) is 11.7 Å². The zero-order chi connectivity index (χ0) is 16.2. The van der Waals surface area contributed by atoms with E-state index in [0.717, 1.165) is 5.56 Å². The molecule has 0 saturated heterocycles. The molecule has 2 aromatic heterocycles. The molecule has 0 spiro atoms. The monoisotopic (exact) mass is 348 g/mol. The van der Waals surface area contributed by atoms with Crippen molar-refractivity contribution >= 4 is 35.0 Å². The van der Waals surface area contributed by atoms with Crippen molar-refractivity contribution < 1.29 is 9.53 Å². The molecule has 0 radical (unpaired) electrons. The quantitative estimate of drug-likeness (QED) is 0.521. The number of fused-ring (bicyclic) bond motifs is 1. The molecule has 6 nitrogen and oxygen atoms in total. The summed E-state index contributed by atoms with van der Waals surface area (Å²) in [7, 11) is 0. The summed E-state index contributed by atoms with van der Waals surface area (Å²) in [5.74, 6) is 0.571. The highest BCUT2D eigenvalue weighted by atomic mass is 35.5. The van der Waals surface area contributed by atoms with Crippen molar-refractivity contribution in [3.05, 3.63) is 41.4 Å². The van der Waals surface area contributed by atoms with E-state index in [2.05, 4.69) is 15.3 Å². The van der Waals surface area contributed by atoms with Crippen molar-refractivity contribution in [1.29, 1.82) is 0 Å². The Kier molecular flexibility index (Phi) is 4.78. The van der Waals surface area contributed by atoms with Crippen LogP contribution >= 0.6 is 23.4 Å². The number of hydrogen-bond donors (Lipinski definition) is 0. The van der Waals surface area contributed by atoms with Gasteiger partial charge in [-0.3, -0.25) is 4.79 Å². The lowest BCUT2D eigenvalue weighted by molar-refractivity contribution is -0.139. The van der Waals surface area contributed by atoms with Crippen molar-refractivity contribution in [2.75, 3.05) is 12.4 Å². The first-order chi connectivity index (χ1) is 11.2. The Morgan fingerprint density at radius 1 is 1.22 bits per heavy atom. The zero-order valence-electron chi connectivity index (χ0n) is 12.3. The summed E-state index contributed by atoms with van der Waals surface area (Å²) in [4.78, 5) is 11.4. The second-order valence-corrected chi connectivity index (χ2v) is 6.00. The second kappa shape index (κ2) is 6.97. The first-order valence-electron chi connectivity index (χ1n) is 6.94. The lowest BCUT2D eigenvalue weighted by Gasteiger charge is -2.03. The normalized spacial score (nSPS) is 10.9. The molecule has 3 rings (SSSR count). The topological polar surface area (TPSA) is 69.4 Å². The number of carbonyl (C=O) groups is 1. The number of ether oxygens (including phenoxy) is 1. The lowest BCUT2D eigenvalue weighted by Crippen LogP contribution is -2.07. The standard InChI is InChI=1S/C15H13ClN4O2S/c1-2-22-14(21)9-23-13-8-7-12-17-18-15(20(12)19-13)10-3-5-11(16)6-4-10/h3-8H,2,9H2,1H3. The van der Waals surface area contributed by atoms with Gasteiger partial charge in [-0.2, -0.15) is 9.61 Å². The van der Waals surface area contributed by atoms with Crippen LogP contribution in [0.3, 0.4) is 0 Å². The molecule has 0 unspecified atom stereocenters. The van der Waals surface area contributed by atoms with Gasteiger partial charge in [-0.05, 0) is 43.3 Å². The predicted molar refractivity (Wildman–Crippen MR) is 88.6 cm³/mol. The van der Waals surface area contributed by atoms with Crippen molar-refractivity contribution in [2.45, 2.75) is 11.9 Å². The summed E-state index contributed by atoms with van der Waals surface area (Å²) in [6.45, 7) is 2.15. The third kappa shape index (κ3) is 3.62. The molecule has 8 heteroatoms. The van der Waals surface area contributed by atoms with E-state index in [9.17, 15) is 4.79 Å². The minimum absolute atomic E-state index is 0.213. The molecule has 0 aliphatic carbocycles. The Labute approximate surface area is 141 Å². The highest BCUT2D eigenvalue weighted by Gasteiger charge is 2.11. The highest BCUT2D eigenvalue weighted by molar-refractivity contribution is 7.99. The van der Waals surface area contributed by atoms with E-state index >= 15 is 0 Å². The molecule has 0 aliphatic rings. The molecule has 0 atom stereocenters. The average molecular weight is 349 g/mol. The van der Waals surface area contributed by atoms with Crippen LogP contribution in [0.2, 0.25) is 5.02 Å². The summed E-state index contributed by atoms with van der Waals surface area (Å²) in [6.07, 6.45) is 0. The van der Waals surface area contributed by atoms with Crippen LogP contribution in [0, 0.1) is 0 Å². The molecule has 2 heterocycles. The molecule has 3 aromatic rings. The summed E-state index contributed by atoms with van der Waals surface area (Å²) in [5, 5.41) is 14.1. The number of hydrogen-bond acceptors (Lipinski definition) is 6. The largest absolute Gasteiger partial charge is 0.465 e. The number of aromatic nitrogens is 4. The number of thioether (sulfide) groups is 1. The van der Waals surface area contributed by atoms with Gasteiger partial charge in [0.15, 0.2) is 11.5 Å². The molecule has 0 bridgehead atoms.